The fraction of sp³-hybridized carbons (Fsp3) is 0.562. The summed E-state index contributed by atoms with van der Waals surface area (Å²) in [6.45, 7) is 4.12. The molecular weight excluding hydrogens is 304 g/mol. The zero-order valence-corrected chi connectivity index (χ0v) is 14.0. The van der Waals surface area contributed by atoms with E-state index >= 15 is 0 Å². The highest BCUT2D eigenvalue weighted by Gasteiger charge is 2.33. The Hall–Kier alpha value is -1.99. The van der Waals surface area contributed by atoms with E-state index in [1.54, 1.807) is 12.1 Å². The Balaban J connectivity index is 2.07. The Morgan fingerprint density at radius 2 is 1.78 bits per heavy atom. The molecule has 7 nitrogen and oxygen atoms in total. The first-order valence-corrected chi connectivity index (χ1v) is 7.19. The molecule has 2 rings (SSSR count). The highest BCUT2D eigenvalue weighted by atomic mass is 16.7. The van der Waals surface area contributed by atoms with Crippen molar-refractivity contribution in [1.82, 2.24) is 0 Å². The average Bonchev–Trinajstić information content (AvgIpc) is 2.90. The van der Waals surface area contributed by atoms with Gasteiger partial charge in [0.1, 0.15) is 12.7 Å². The maximum absolute atomic E-state index is 12.2. The quantitative estimate of drug-likeness (QED) is 0.741. The largest absolute Gasteiger partial charge is 0.493 e. The monoisotopic (exact) mass is 326 g/mol. The van der Waals surface area contributed by atoms with Gasteiger partial charge in [-0.3, -0.25) is 0 Å². The van der Waals surface area contributed by atoms with Gasteiger partial charge in [0.25, 0.3) is 0 Å². The van der Waals surface area contributed by atoms with E-state index in [9.17, 15) is 4.79 Å². The standard InChI is InChI=1S/C16H22O7/c1-16(2)22-9-11(23-16)8-21-15(17)10-6-12(18-3)14(20-5)13(7-10)19-4/h6-7,11H,8-9H2,1-5H3. The van der Waals surface area contributed by atoms with Gasteiger partial charge in [-0.05, 0) is 26.0 Å². The molecule has 128 valence electrons. The zero-order valence-electron chi connectivity index (χ0n) is 14.0. The summed E-state index contributed by atoms with van der Waals surface area (Å²) in [5.41, 5.74) is 0.303. The van der Waals surface area contributed by atoms with Gasteiger partial charge in [0.2, 0.25) is 5.75 Å². The van der Waals surface area contributed by atoms with E-state index in [0.717, 1.165) is 0 Å². The Bertz CT molecular complexity index is 543. The van der Waals surface area contributed by atoms with E-state index in [2.05, 4.69) is 0 Å². The van der Waals surface area contributed by atoms with Crippen molar-refractivity contribution >= 4 is 5.97 Å². The molecular formula is C16H22O7. The van der Waals surface area contributed by atoms with E-state index in [0.29, 0.717) is 29.4 Å². The summed E-state index contributed by atoms with van der Waals surface area (Å²) in [6.07, 6.45) is -0.281. The Kier molecular flexibility index (Phi) is 5.33. The Labute approximate surface area is 135 Å². The molecule has 1 aliphatic heterocycles. The number of carbonyl (C=O) groups excluding carboxylic acids is 1. The van der Waals surface area contributed by atoms with Crippen molar-refractivity contribution < 1.29 is 33.2 Å². The fourth-order valence-electron chi connectivity index (χ4n) is 2.30. The molecule has 1 heterocycles. The molecule has 0 amide bonds. The smallest absolute Gasteiger partial charge is 0.338 e. The van der Waals surface area contributed by atoms with Crippen molar-refractivity contribution in [3.63, 3.8) is 0 Å². The number of hydrogen-bond acceptors (Lipinski definition) is 7. The summed E-state index contributed by atoms with van der Waals surface area (Å²) in [7, 11) is 4.47. The third kappa shape index (κ3) is 4.05. The van der Waals surface area contributed by atoms with Crippen molar-refractivity contribution in [2.24, 2.45) is 0 Å². The second-order valence-corrected chi connectivity index (χ2v) is 5.46. The molecule has 1 aromatic rings. The number of methoxy groups -OCH3 is 3. The topological polar surface area (TPSA) is 72.5 Å². The van der Waals surface area contributed by atoms with Gasteiger partial charge in [0.05, 0.1) is 33.5 Å². The van der Waals surface area contributed by atoms with E-state index < -0.39 is 11.8 Å². The van der Waals surface area contributed by atoms with Crippen LogP contribution in [0.15, 0.2) is 12.1 Å². The Morgan fingerprint density at radius 1 is 1.17 bits per heavy atom. The van der Waals surface area contributed by atoms with Crippen molar-refractivity contribution in [2.45, 2.75) is 25.7 Å². The van der Waals surface area contributed by atoms with Crippen LogP contribution >= 0.6 is 0 Å². The van der Waals surface area contributed by atoms with Gasteiger partial charge < -0.3 is 28.4 Å². The molecule has 0 aliphatic carbocycles. The van der Waals surface area contributed by atoms with Crippen LogP contribution in [0.25, 0.3) is 0 Å². The van der Waals surface area contributed by atoms with Crippen molar-refractivity contribution in [3.05, 3.63) is 17.7 Å². The highest BCUT2D eigenvalue weighted by Crippen LogP contribution is 2.38. The average molecular weight is 326 g/mol. The number of hydrogen-bond donors (Lipinski definition) is 0. The maximum atomic E-state index is 12.2. The van der Waals surface area contributed by atoms with Crippen LogP contribution in [0, 0.1) is 0 Å². The van der Waals surface area contributed by atoms with Crippen LogP contribution in [-0.4, -0.2) is 52.4 Å². The molecule has 1 fully saturated rings. The lowest BCUT2D eigenvalue weighted by atomic mass is 10.2. The van der Waals surface area contributed by atoms with Crippen molar-refractivity contribution in [3.8, 4) is 17.2 Å². The molecule has 1 aliphatic rings. The van der Waals surface area contributed by atoms with E-state index in [-0.39, 0.29) is 12.7 Å². The molecule has 0 bridgehead atoms. The third-order valence-electron chi connectivity index (χ3n) is 3.37. The highest BCUT2D eigenvalue weighted by molar-refractivity contribution is 5.91. The van der Waals surface area contributed by atoms with Gasteiger partial charge in [0.15, 0.2) is 17.3 Å². The molecule has 23 heavy (non-hydrogen) atoms. The lowest BCUT2D eigenvalue weighted by molar-refractivity contribution is -0.142. The molecule has 1 atom stereocenters. The van der Waals surface area contributed by atoms with Crippen LogP contribution in [0.4, 0.5) is 0 Å². The van der Waals surface area contributed by atoms with Gasteiger partial charge >= 0.3 is 5.97 Å². The number of carbonyl (C=O) groups is 1. The number of benzene rings is 1. The van der Waals surface area contributed by atoms with Crippen LogP contribution in [0.1, 0.15) is 24.2 Å². The minimum Gasteiger partial charge on any atom is -0.493 e. The molecule has 0 saturated carbocycles. The Morgan fingerprint density at radius 3 is 2.22 bits per heavy atom. The summed E-state index contributed by atoms with van der Waals surface area (Å²) >= 11 is 0. The molecule has 0 aromatic heterocycles. The molecule has 7 heteroatoms. The van der Waals surface area contributed by atoms with Crippen molar-refractivity contribution in [1.29, 1.82) is 0 Å². The van der Waals surface area contributed by atoms with Crippen LogP contribution < -0.4 is 14.2 Å². The molecule has 0 N–H and O–H groups in total. The maximum Gasteiger partial charge on any atom is 0.338 e. The van der Waals surface area contributed by atoms with E-state index in [4.69, 9.17) is 28.4 Å². The van der Waals surface area contributed by atoms with Crippen LogP contribution in [0.2, 0.25) is 0 Å². The number of rotatable bonds is 6. The SMILES string of the molecule is COc1cc(C(=O)OCC2COC(C)(C)O2)cc(OC)c1OC. The van der Waals surface area contributed by atoms with Gasteiger partial charge in [-0.15, -0.1) is 0 Å². The summed E-state index contributed by atoms with van der Waals surface area (Å²) in [5, 5.41) is 0. The van der Waals surface area contributed by atoms with Gasteiger partial charge in [-0.1, -0.05) is 0 Å². The minimum atomic E-state index is -0.649. The molecule has 1 aromatic carbocycles. The fourth-order valence-corrected chi connectivity index (χ4v) is 2.30. The first kappa shape index (κ1) is 17.4. The van der Waals surface area contributed by atoms with E-state index in [1.165, 1.54) is 21.3 Å². The summed E-state index contributed by atoms with van der Waals surface area (Å²) in [6, 6.07) is 3.08. The molecule has 1 unspecified atom stereocenters. The molecule has 0 spiro atoms. The second kappa shape index (κ2) is 7.06. The van der Waals surface area contributed by atoms with Crippen LogP contribution in [-0.2, 0) is 14.2 Å². The lowest BCUT2D eigenvalue weighted by Crippen LogP contribution is -2.25. The molecule has 0 radical (unpaired) electrons. The number of ether oxygens (including phenoxy) is 6. The van der Waals surface area contributed by atoms with Crippen LogP contribution in [0.3, 0.4) is 0 Å². The van der Waals surface area contributed by atoms with Gasteiger partial charge in [0, 0.05) is 0 Å². The van der Waals surface area contributed by atoms with E-state index in [1.807, 2.05) is 13.8 Å². The normalized spacial score (nSPS) is 19.3. The van der Waals surface area contributed by atoms with Gasteiger partial charge in [-0.25, -0.2) is 4.79 Å². The summed E-state index contributed by atoms with van der Waals surface area (Å²) in [4.78, 5) is 12.2. The first-order valence-electron chi connectivity index (χ1n) is 7.19. The minimum absolute atomic E-state index is 0.110. The van der Waals surface area contributed by atoms with Crippen LogP contribution in [0.5, 0.6) is 17.2 Å². The first-order chi connectivity index (χ1) is 10.9. The summed E-state index contributed by atoms with van der Waals surface area (Å²) in [5.74, 6) is 0.0445. The third-order valence-corrected chi connectivity index (χ3v) is 3.37. The summed E-state index contributed by atoms with van der Waals surface area (Å²) < 4.78 is 32.0. The number of esters is 1. The second-order valence-electron chi connectivity index (χ2n) is 5.46. The lowest BCUT2D eigenvalue weighted by Gasteiger charge is -2.17. The zero-order chi connectivity index (χ0) is 17.0. The predicted molar refractivity (Wildman–Crippen MR) is 81.3 cm³/mol. The van der Waals surface area contributed by atoms with Gasteiger partial charge in [-0.2, -0.15) is 0 Å². The van der Waals surface area contributed by atoms with Crippen molar-refractivity contribution in [2.75, 3.05) is 34.5 Å². The molecule has 1 saturated heterocycles. The predicted octanol–water partition coefficient (Wildman–Crippen LogP) is 2.02.